The number of aliphatic hydroxyl groups is 1. The molecule has 0 amide bonds. The Bertz CT molecular complexity index is 1950. The van der Waals surface area contributed by atoms with Crippen LogP contribution in [0.25, 0.3) is 50.3 Å². The first-order valence-corrected chi connectivity index (χ1v) is 13.0. The highest BCUT2D eigenvalue weighted by Crippen LogP contribution is 2.32. The van der Waals surface area contributed by atoms with Crippen LogP contribution in [0.2, 0.25) is 0 Å². The van der Waals surface area contributed by atoms with Crippen molar-refractivity contribution in [2.24, 2.45) is 0 Å². The van der Waals surface area contributed by atoms with Crippen LogP contribution in [0.15, 0.2) is 97.7 Å². The summed E-state index contributed by atoms with van der Waals surface area (Å²) >= 11 is 0. The zero-order valence-corrected chi connectivity index (χ0v) is 21.7. The van der Waals surface area contributed by atoms with Gasteiger partial charge in [-0.2, -0.15) is 5.10 Å². The van der Waals surface area contributed by atoms with Crippen molar-refractivity contribution in [1.29, 1.82) is 0 Å². The third-order valence-corrected chi connectivity index (χ3v) is 6.93. The van der Waals surface area contributed by atoms with Crippen LogP contribution in [0.5, 0.6) is 0 Å². The summed E-state index contributed by atoms with van der Waals surface area (Å²) in [7, 11) is 0. The van der Waals surface area contributed by atoms with Gasteiger partial charge in [-0.1, -0.05) is 36.4 Å². The number of H-pyrrole nitrogens is 2. The SMILES string of the molecule is Cc1cn(-c2cccc3[nH]c(-c4n[nH]c5ccc(-c6cncc(NC(O)Cc7ccccc7)c6)nc45)cc23)cn1. The molecule has 5 heterocycles. The second-order valence-electron chi connectivity index (χ2n) is 9.82. The van der Waals surface area contributed by atoms with E-state index in [-0.39, 0.29) is 0 Å². The van der Waals surface area contributed by atoms with Crippen LogP contribution in [0.1, 0.15) is 11.3 Å². The predicted octanol–water partition coefficient (Wildman–Crippen LogP) is 5.64. The number of nitrogens with one attached hydrogen (secondary N) is 3. The molecule has 0 aliphatic carbocycles. The molecule has 40 heavy (non-hydrogen) atoms. The minimum absolute atomic E-state index is 0.486. The fourth-order valence-corrected chi connectivity index (χ4v) is 5.03. The van der Waals surface area contributed by atoms with Crippen LogP contribution in [0.3, 0.4) is 0 Å². The third kappa shape index (κ3) is 4.48. The molecule has 1 unspecified atom stereocenters. The highest BCUT2D eigenvalue weighted by atomic mass is 16.3. The van der Waals surface area contributed by atoms with Crippen LogP contribution in [-0.4, -0.2) is 46.0 Å². The number of aromatic nitrogens is 7. The maximum Gasteiger partial charge on any atom is 0.135 e. The van der Waals surface area contributed by atoms with Crippen molar-refractivity contribution in [2.45, 2.75) is 19.6 Å². The van der Waals surface area contributed by atoms with Gasteiger partial charge in [0.1, 0.15) is 17.4 Å². The number of nitrogens with zero attached hydrogens (tertiary/aromatic N) is 5. The van der Waals surface area contributed by atoms with Crippen LogP contribution >= 0.6 is 0 Å². The highest BCUT2D eigenvalue weighted by Gasteiger charge is 2.16. The molecule has 0 aliphatic rings. The third-order valence-electron chi connectivity index (χ3n) is 6.93. The van der Waals surface area contributed by atoms with Gasteiger partial charge < -0.3 is 20.0 Å². The standard InChI is InChI=1S/C31H26N8O/c1-19-17-39(18-33-19)28-9-5-8-25-23(28)14-27(35-25)31-30-26(37-38-31)11-10-24(36-30)21-13-22(16-32-15-21)34-29(40)12-20-6-3-2-4-7-20/h2-11,13-18,29,34-35,40H,12H2,1H3,(H,37,38). The smallest absolute Gasteiger partial charge is 0.135 e. The number of rotatable bonds is 7. The number of benzene rings is 2. The van der Waals surface area contributed by atoms with Gasteiger partial charge in [-0.25, -0.2) is 9.97 Å². The topological polar surface area (TPSA) is 120 Å². The minimum Gasteiger partial charge on any atom is -0.373 e. The molecule has 7 rings (SSSR count). The molecular weight excluding hydrogens is 500 g/mol. The van der Waals surface area contributed by atoms with E-state index in [9.17, 15) is 5.11 Å². The summed E-state index contributed by atoms with van der Waals surface area (Å²) < 4.78 is 2.03. The average molecular weight is 527 g/mol. The number of anilines is 1. The van der Waals surface area contributed by atoms with Gasteiger partial charge in [-0.05, 0) is 48.9 Å². The van der Waals surface area contributed by atoms with E-state index in [1.807, 2.05) is 78.6 Å². The zero-order valence-electron chi connectivity index (χ0n) is 21.7. The number of hydrogen-bond donors (Lipinski definition) is 4. The zero-order chi connectivity index (χ0) is 27.1. The number of aromatic amines is 2. The molecule has 5 aromatic heterocycles. The Balaban J connectivity index is 1.21. The van der Waals surface area contributed by atoms with Crippen molar-refractivity contribution < 1.29 is 5.11 Å². The molecule has 0 radical (unpaired) electrons. The predicted molar refractivity (Wildman–Crippen MR) is 156 cm³/mol. The molecule has 0 fully saturated rings. The molecule has 2 aromatic carbocycles. The van der Waals surface area contributed by atoms with E-state index in [4.69, 9.17) is 4.98 Å². The molecule has 196 valence electrons. The summed E-state index contributed by atoms with van der Waals surface area (Å²) in [5.74, 6) is 0. The second-order valence-corrected chi connectivity index (χ2v) is 9.82. The molecule has 9 nitrogen and oxygen atoms in total. The van der Waals surface area contributed by atoms with E-state index < -0.39 is 6.23 Å². The Kier molecular flexibility index (Phi) is 5.83. The lowest BCUT2D eigenvalue weighted by atomic mass is 10.1. The monoisotopic (exact) mass is 526 g/mol. The molecule has 0 bridgehead atoms. The van der Waals surface area contributed by atoms with E-state index in [0.29, 0.717) is 12.1 Å². The van der Waals surface area contributed by atoms with Crippen molar-refractivity contribution in [2.75, 3.05) is 5.32 Å². The van der Waals surface area contributed by atoms with Gasteiger partial charge in [0.15, 0.2) is 0 Å². The fourth-order valence-electron chi connectivity index (χ4n) is 5.03. The average Bonchev–Trinajstić information content (AvgIpc) is 3.71. The Morgan fingerprint density at radius 1 is 0.975 bits per heavy atom. The molecule has 0 spiro atoms. The Morgan fingerprint density at radius 3 is 2.73 bits per heavy atom. The van der Waals surface area contributed by atoms with Crippen LogP contribution < -0.4 is 5.32 Å². The van der Waals surface area contributed by atoms with Gasteiger partial charge in [-0.3, -0.25) is 10.1 Å². The van der Waals surface area contributed by atoms with E-state index in [0.717, 1.165) is 61.5 Å². The van der Waals surface area contributed by atoms with Gasteiger partial charge >= 0.3 is 0 Å². The molecule has 9 heteroatoms. The Labute approximate surface area is 229 Å². The summed E-state index contributed by atoms with van der Waals surface area (Å²) in [6.07, 6.45) is 7.05. The summed E-state index contributed by atoms with van der Waals surface area (Å²) in [5, 5.41) is 22.5. The molecule has 4 N–H and O–H groups in total. The second kappa shape index (κ2) is 9.79. The van der Waals surface area contributed by atoms with Crippen LogP contribution in [0.4, 0.5) is 5.69 Å². The van der Waals surface area contributed by atoms with Crippen molar-refractivity contribution in [3.8, 4) is 28.3 Å². The molecule has 0 saturated carbocycles. The van der Waals surface area contributed by atoms with Gasteiger partial charge in [0.25, 0.3) is 0 Å². The van der Waals surface area contributed by atoms with Gasteiger partial charge in [0.2, 0.25) is 0 Å². The first-order chi connectivity index (χ1) is 19.6. The quantitative estimate of drug-likeness (QED) is 0.200. The van der Waals surface area contributed by atoms with Crippen molar-refractivity contribution in [3.05, 3.63) is 109 Å². The molecule has 7 aromatic rings. The van der Waals surface area contributed by atoms with E-state index >= 15 is 0 Å². The summed E-state index contributed by atoms with van der Waals surface area (Å²) in [5.41, 5.74) is 9.56. The normalized spacial score (nSPS) is 12.2. The van der Waals surface area contributed by atoms with Gasteiger partial charge in [-0.15, -0.1) is 0 Å². The molecule has 0 saturated heterocycles. The first-order valence-electron chi connectivity index (χ1n) is 13.0. The largest absolute Gasteiger partial charge is 0.373 e. The van der Waals surface area contributed by atoms with Crippen molar-refractivity contribution in [3.63, 3.8) is 0 Å². The van der Waals surface area contributed by atoms with Crippen molar-refractivity contribution in [1.82, 2.24) is 34.7 Å². The number of aryl methyl sites for hydroxylation is 1. The maximum absolute atomic E-state index is 10.6. The van der Waals surface area contributed by atoms with E-state index in [1.54, 1.807) is 12.4 Å². The van der Waals surface area contributed by atoms with E-state index in [2.05, 4.69) is 48.7 Å². The van der Waals surface area contributed by atoms with Crippen LogP contribution in [0, 0.1) is 6.92 Å². The number of fused-ring (bicyclic) bond motifs is 2. The summed E-state index contributed by atoms with van der Waals surface area (Å²) in [4.78, 5) is 17.2. The van der Waals surface area contributed by atoms with Gasteiger partial charge in [0.05, 0.1) is 46.5 Å². The minimum atomic E-state index is -0.742. The van der Waals surface area contributed by atoms with Gasteiger partial charge in [0, 0.05) is 35.3 Å². The lowest BCUT2D eigenvalue weighted by Gasteiger charge is -2.14. The van der Waals surface area contributed by atoms with Crippen LogP contribution in [-0.2, 0) is 6.42 Å². The summed E-state index contributed by atoms with van der Waals surface area (Å²) in [6.45, 7) is 1.98. The highest BCUT2D eigenvalue weighted by molar-refractivity contribution is 5.97. The lowest BCUT2D eigenvalue weighted by molar-refractivity contribution is 0.204. The van der Waals surface area contributed by atoms with Crippen molar-refractivity contribution >= 4 is 27.6 Å². The number of aliphatic hydroxyl groups excluding tert-OH is 1. The molecule has 0 aliphatic heterocycles. The Hall–Kier alpha value is -5.28. The summed E-state index contributed by atoms with van der Waals surface area (Å²) in [6, 6.07) is 24.0. The number of pyridine rings is 2. The van der Waals surface area contributed by atoms with E-state index in [1.165, 1.54) is 0 Å². The first kappa shape index (κ1) is 23.8. The number of hydrogen-bond acceptors (Lipinski definition) is 6. The molecule has 1 atom stereocenters. The maximum atomic E-state index is 10.6. The fraction of sp³-hybridized carbons (Fsp3) is 0.0968. The number of imidazole rings is 1. The Morgan fingerprint density at radius 2 is 1.88 bits per heavy atom. The molecular formula is C31H26N8O. The lowest BCUT2D eigenvalue weighted by Crippen LogP contribution is -2.21.